The normalized spacial score (nSPS) is 10.0. The van der Waals surface area contributed by atoms with Gasteiger partial charge in [0.1, 0.15) is 0 Å². The van der Waals surface area contributed by atoms with E-state index < -0.39 is 0 Å². The minimum Gasteiger partial charge on any atom is -0.493 e. The lowest BCUT2D eigenvalue weighted by molar-refractivity contribution is -0.134. The zero-order valence-electron chi connectivity index (χ0n) is 18.3. The van der Waals surface area contributed by atoms with Crippen LogP contribution in [0.1, 0.15) is 16.8 Å². The van der Waals surface area contributed by atoms with Crippen LogP contribution in [-0.2, 0) is 24.2 Å². The van der Waals surface area contributed by atoms with Gasteiger partial charge in [-0.15, -0.1) is 19.0 Å². The Morgan fingerprint density at radius 3 is 2.50 bits per heavy atom. The molecule has 0 aliphatic carbocycles. The fourth-order valence-electron chi connectivity index (χ4n) is 3.25. The molecular weight excluding hydrogens is 424 g/mol. The molecule has 1 heterocycles. The first-order valence-electron chi connectivity index (χ1n) is 10.3. The highest BCUT2D eigenvalue weighted by Gasteiger charge is 2.16. The molecule has 0 unspecified atom stereocenters. The molecule has 0 atom stereocenters. The first kappa shape index (κ1) is 25.0. The van der Waals surface area contributed by atoms with Crippen LogP contribution in [0.4, 0.5) is 0 Å². The number of hydrogen-bond donors (Lipinski definition) is 0. The van der Waals surface area contributed by atoms with Gasteiger partial charge in [0, 0.05) is 31.4 Å². The van der Waals surface area contributed by atoms with Crippen LogP contribution in [0.3, 0.4) is 0 Å². The Morgan fingerprint density at radius 2 is 1.81 bits per heavy atom. The Hall–Kier alpha value is -3.31. The number of amides is 1. The third-order valence-electron chi connectivity index (χ3n) is 4.89. The molecular formula is C26H29ClN2O3. The SMILES string of the molecule is C=CCc1ccc(OCC(=O)N(CCc2ccccn2)Cc2ccccc2)c(OC)c1.Cl. The van der Waals surface area contributed by atoms with Gasteiger partial charge >= 0.3 is 0 Å². The summed E-state index contributed by atoms with van der Waals surface area (Å²) in [6.07, 6.45) is 5.03. The molecule has 3 aromatic rings. The molecule has 0 radical (unpaired) electrons. The lowest BCUT2D eigenvalue weighted by Crippen LogP contribution is -2.36. The first-order chi connectivity index (χ1) is 15.2. The van der Waals surface area contributed by atoms with Crippen LogP contribution in [0.15, 0.2) is 85.6 Å². The number of hydrogen-bond acceptors (Lipinski definition) is 4. The van der Waals surface area contributed by atoms with Gasteiger partial charge in [0.15, 0.2) is 18.1 Å². The van der Waals surface area contributed by atoms with Gasteiger partial charge in [0.05, 0.1) is 7.11 Å². The van der Waals surface area contributed by atoms with Crippen molar-refractivity contribution in [2.75, 3.05) is 20.3 Å². The Labute approximate surface area is 196 Å². The third kappa shape index (κ3) is 7.43. The lowest BCUT2D eigenvalue weighted by Gasteiger charge is -2.23. The van der Waals surface area contributed by atoms with Crippen molar-refractivity contribution in [3.63, 3.8) is 0 Å². The molecule has 0 spiro atoms. The van der Waals surface area contributed by atoms with Crippen LogP contribution in [-0.4, -0.2) is 36.1 Å². The van der Waals surface area contributed by atoms with Gasteiger partial charge in [0.25, 0.3) is 5.91 Å². The smallest absolute Gasteiger partial charge is 0.260 e. The Morgan fingerprint density at radius 1 is 1.03 bits per heavy atom. The van der Waals surface area contributed by atoms with E-state index in [9.17, 15) is 4.79 Å². The molecule has 0 N–H and O–H groups in total. The summed E-state index contributed by atoms with van der Waals surface area (Å²) in [5.41, 5.74) is 3.10. The van der Waals surface area contributed by atoms with Crippen LogP contribution < -0.4 is 9.47 Å². The van der Waals surface area contributed by atoms with Gasteiger partial charge in [-0.05, 0) is 41.8 Å². The molecule has 0 saturated carbocycles. The molecule has 32 heavy (non-hydrogen) atoms. The Bertz CT molecular complexity index is 981. The number of aromatic nitrogens is 1. The summed E-state index contributed by atoms with van der Waals surface area (Å²) >= 11 is 0. The van der Waals surface area contributed by atoms with Crippen LogP contribution in [0.2, 0.25) is 0 Å². The van der Waals surface area contributed by atoms with Gasteiger partial charge in [-0.1, -0.05) is 48.5 Å². The maximum atomic E-state index is 13.0. The van der Waals surface area contributed by atoms with Crippen molar-refractivity contribution in [2.24, 2.45) is 0 Å². The van der Waals surface area contributed by atoms with E-state index in [-0.39, 0.29) is 24.9 Å². The minimum atomic E-state index is -0.0861. The van der Waals surface area contributed by atoms with Crippen molar-refractivity contribution < 1.29 is 14.3 Å². The van der Waals surface area contributed by atoms with E-state index in [1.165, 1.54) is 0 Å². The van der Waals surface area contributed by atoms with Gasteiger partial charge < -0.3 is 14.4 Å². The molecule has 0 aliphatic heterocycles. The maximum absolute atomic E-state index is 13.0. The summed E-state index contributed by atoms with van der Waals surface area (Å²) in [5, 5.41) is 0. The van der Waals surface area contributed by atoms with Crippen LogP contribution >= 0.6 is 12.4 Å². The van der Waals surface area contributed by atoms with Gasteiger partial charge in [-0.3, -0.25) is 9.78 Å². The van der Waals surface area contributed by atoms with Gasteiger partial charge in [0.2, 0.25) is 0 Å². The molecule has 1 amide bonds. The number of nitrogens with zero attached hydrogens (tertiary/aromatic N) is 2. The van der Waals surface area contributed by atoms with E-state index in [0.717, 1.165) is 23.2 Å². The van der Waals surface area contributed by atoms with Crippen molar-refractivity contribution in [3.05, 3.63) is 102 Å². The molecule has 0 fully saturated rings. The van der Waals surface area contributed by atoms with Gasteiger partial charge in [-0.2, -0.15) is 0 Å². The van der Waals surface area contributed by atoms with E-state index in [0.29, 0.717) is 31.0 Å². The van der Waals surface area contributed by atoms with Crippen LogP contribution in [0.5, 0.6) is 11.5 Å². The summed E-state index contributed by atoms with van der Waals surface area (Å²) in [6, 6.07) is 21.5. The second kappa shape index (κ2) is 13.2. The maximum Gasteiger partial charge on any atom is 0.260 e. The van der Waals surface area contributed by atoms with Crippen LogP contribution in [0.25, 0.3) is 0 Å². The number of allylic oxidation sites excluding steroid dienone is 1. The third-order valence-corrected chi connectivity index (χ3v) is 4.89. The number of ether oxygens (including phenoxy) is 2. The van der Waals surface area contributed by atoms with E-state index in [4.69, 9.17) is 9.47 Å². The van der Waals surface area contributed by atoms with E-state index in [1.807, 2.05) is 77.7 Å². The average molecular weight is 453 g/mol. The monoisotopic (exact) mass is 452 g/mol. The van der Waals surface area contributed by atoms with Crippen molar-refractivity contribution in [2.45, 2.75) is 19.4 Å². The average Bonchev–Trinajstić information content (AvgIpc) is 2.82. The largest absolute Gasteiger partial charge is 0.493 e. The van der Waals surface area contributed by atoms with Gasteiger partial charge in [-0.25, -0.2) is 0 Å². The number of halogens is 1. The predicted octanol–water partition coefficient (Wildman–Crippen LogP) is 4.89. The molecule has 0 saturated heterocycles. The topological polar surface area (TPSA) is 51.7 Å². The lowest BCUT2D eigenvalue weighted by atomic mass is 10.1. The van der Waals surface area contributed by atoms with E-state index >= 15 is 0 Å². The summed E-state index contributed by atoms with van der Waals surface area (Å²) in [6.45, 7) is 4.77. The highest BCUT2D eigenvalue weighted by Crippen LogP contribution is 2.28. The van der Waals surface area contributed by atoms with Crippen molar-refractivity contribution in [1.82, 2.24) is 9.88 Å². The number of pyridine rings is 1. The summed E-state index contributed by atoms with van der Waals surface area (Å²) in [4.78, 5) is 19.2. The zero-order valence-corrected chi connectivity index (χ0v) is 19.1. The number of benzene rings is 2. The predicted molar refractivity (Wildman–Crippen MR) is 129 cm³/mol. The number of rotatable bonds is 11. The standard InChI is InChI=1S/C26H28N2O3.ClH/c1-3-9-21-13-14-24(25(18-21)30-2)31-20-26(29)28(19-22-10-5-4-6-11-22)17-15-23-12-7-8-16-27-23;/h3-8,10-14,16,18H,1,9,15,17,19-20H2,2H3;1H. The molecule has 2 aromatic carbocycles. The highest BCUT2D eigenvalue weighted by molar-refractivity contribution is 5.85. The molecule has 6 heteroatoms. The molecule has 0 aliphatic rings. The highest BCUT2D eigenvalue weighted by atomic mass is 35.5. The molecule has 1 aromatic heterocycles. The minimum absolute atomic E-state index is 0. The van der Waals surface area contributed by atoms with Crippen molar-refractivity contribution in [1.29, 1.82) is 0 Å². The first-order valence-corrected chi connectivity index (χ1v) is 10.3. The molecule has 0 bridgehead atoms. The number of carbonyl (C=O) groups excluding carboxylic acids is 1. The van der Waals surface area contributed by atoms with E-state index in [2.05, 4.69) is 11.6 Å². The fourth-order valence-corrected chi connectivity index (χ4v) is 3.25. The fraction of sp³-hybridized carbons (Fsp3) is 0.231. The summed E-state index contributed by atoms with van der Waals surface area (Å²) in [7, 11) is 1.59. The van der Waals surface area contributed by atoms with E-state index in [1.54, 1.807) is 13.3 Å². The zero-order chi connectivity index (χ0) is 21.9. The van der Waals surface area contributed by atoms with Crippen molar-refractivity contribution >= 4 is 18.3 Å². The van der Waals surface area contributed by atoms with Crippen molar-refractivity contribution in [3.8, 4) is 11.5 Å². The quantitative estimate of drug-likeness (QED) is 0.389. The molecule has 168 valence electrons. The summed E-state index contributed by atoms with van der Waals surface area (Å²) in [5.74, 6) is 1.07. The molecule has 5 nitrogen and oxygen atoms in total. The summed E-state index contributed by atoms with van der Waals surface area (Å²) < 4.78 is 11.3. The second-order valence-corrected chi connectivity index (χ2v) is 7.14. The molecule has 3 rings (SSSR count). The van der Waals surface area contributed by atoms with Crippen LogP contribution in [0, 0.1) is 0 Å². The Balaban J connectivity index is 0.00000363. The Kier molecular flexibility index (Phi) is 10.3. The number of methoxy groups -OCH3 is 1. The second-order valence-electron chi connectivity index (χ2n) is 7.14. The number of carbonyl (C=O) groups is 1.